The Bertz CT molecular complexity index is 1670. The van der Waals surface area contributed by atoms with Crippen molar-refractivity contribution >= 4 is 5.65 Å². The summed E-state index contributed by atoms with van der Waals surface area (Å²) in [6.07, 6.45) is 3.52. The highest BCUT2D eigenvalue weighted by Gasteiger charge is 2.18. The molecule has 0 saturated carbocycles. The molecular weight excluding hydrogens is 458 g/mol. The fourth-order valence-electron chi connectivity index (χ4n) is 4.69. The van der Waals surface area contributed by atoms with Crippen molar-refractivity contribution < 1.29 is 0 Å². The van der Waals surface area contributed by atoms with Crippen LogP contribution in [0.4, 0.5) is 0 Å². The van der Waals surface area contributed by atoms with Gasteiger partial charge in [0.1, 0.15) is 12.2 Å². The molecule has 4 heterocycles. The van der Waals surface area contributed by atoms with Crippen LogP contribution in [0.3, 0.4) is 0 Å². The lowest BCUT2D eigenvalue weighted by Crippen LogP contribution is -2.18. The lowest BCUT2D eigenvalue weighted by Gasteiger charge is -2.18. The summed E-state index contributed by atoms with van der Waals surface area (Å²) in [5.74, 6) is 0.881. The highest BCUT2D eigenvalue weighted by atomic mass is 15.3. The molecule has 0 aliphatic heterocycles. The smallest absolute Gasteiger partial charge is 0.155 e. The van der Waals surface area contributed by atoms with Crippen LogP contribution in [0.15, 0.2) is 97.5 Å². The van der Waals surface area contributed by atoms with Gasteiger partial charge in [-0.25, -0.2) is 14.5 Å². The van der Waals surface area contributed by atoms with Crippen molar-refractivity contribution in [2.24, 2.45) is 0 Å². The Labute approximate surface area is 215 Å². The van der Waals surface area contributed by atoms with Gasteiger partial charge in [0.05, 0.1) is 23.6 Å². The number of aromatic nitrogens is 6. The minimum absolute atomic E-state index is 0.660. The predicted molar refractivity (Wildman–Crippen MR) is 146 cm³/mol. The lowest BCUT2D eigenvalue weighted by molar-refractivity contribution is 0.312. The maximum atomic E-state index is 5.04. The number of aromatic amines is 1. The summed E-state index contributed by atoms with van der Waals surface area (Å²) in [5.41, 5.74) is 9.08. The van der Waals surface area contributed by atoms with E-state index in [2.05, 4.69) is 75.5 Å². The number of rotatable bonds is 7. The summed E-state index contributed by atoms with van der Waals surface area (Å²) < 4.78 is 1.77. The van der Waals surface area contributed by atoms with Gasteiger partial charge < -0.3 is 4.98 Å². The molecule has 0 bridgehead atoms. The van der Waals surface area contributed by atoms with Crippen LogP contribution in [0, 0.1) is 6.92 Å². The van der Waals surface area contributed by atoms with Gasteiger partial charge in [0, 0.05) is 24.0 Å². The zero-order chi connectivity index (χ0) is 25.2. The predicted octanol–water partition coefficient (Wildman–Crippen LogP) is 5.79. The van der Waals surface area contributed by atoms with E-state index < -0.39 is 0 Å². The quantitative estimate of drug-likeness (QED) is 0.310. The van der Waals surface area contributed by atoms with Crippen LogP contribution in [0.1, 0.15) is 17.1 Å². The van der Waals surface area contributed by atoms with Crippen LogP contribution in [0.25, 0.3) is 39.4 Å². The van der Waals surface area contributed by atoms with Gasteiger partial charge in [0.2, 0.25) is 0 Å². The summed E-state index contributed by atoms with van der Waals surface area (Å²) >= 11 is 0. The SMILES string of the molecule is Cc1cccc(-c2[nH]c(CN(C)Cc3ccccc3-c3ccccc3)nc2-c2ccc3ncnn3c2)n1. The molecule has 0 atom stereocenters. The van der Waals surface area contributed by atoms with Crippen molar-refractivity contribution in [1.82, 2.24) is 34.4 Å². The van der Waals surface area contributed by atoms with Gasteiger partial charge >= 0.3 is 0 Å². The normalized spacial score (nSPS) is 11.4. The molecule has 37 heavy (non-hydrogen) atoms. The summed E-state index contributed by atoms with van der Waals surface area (Å²) in [5, 5.41) is 4.30. The molecule has 0 radical (unpaired) electrons. The van der Waals surface area contributed by atoms with Crippen molar-refractivity contribution in [3.8, 4) is 33.8 Å². The van der Waals surface area contributed by atoms with Gasteiger partial charge in [-0.05, 0) is 54.9 Å². The summed E-state index contributed by atoms with van der Waals surface area (Å²) in [6.45, 7) is 3.46. The van der Waals surface area contributed by atoms with Crippen molar-refractivity contribution in [3.05, 3.63) is 115 Å². The molecule has 6 rings (SSSR count). The fourth-order valence-corrected chi connectivity index (χ4v) is 4.69. The molecule has 182 valence electrons. The second-order valence-electron chi connectivity index (χ2n) is 9.25. The van der Waals surface area contributed by atoms with Gasteiger partial charge in [-0.15, -0.1) is 0 Å². The first-order valence-electron chi connectivity index (χ1n) is 12.3. The fraction of sp³-hybridized carbons (Fsp3) is 0.133. The van der Waals surface area contributed by atoms with Gasteiger partial charge in [-0.1, -0.05) is 60.7 Å². The van der Waals surface area contributed by atoms with E-state index in [1.165, 1.54) is 16.7 Å². The third kappa shape index (κ3) is 4.77. The van der Waals surface area contributed by atoms with Gasteiger partial charge in [-0.3, -0.25) is 9.88 Å². The lowest BCUT2D eigenvalue weighted by atomic mass is 9.99. The number of H-pyrrole nitrogens is 1. The summed E-state index contributed by atoms with van der Waals surface area (Å²) in [7, 11) is 2.12. The van der Waals surface area contributed by atoms with Crippen molar-refractivity contribution in [1.29, 1.82) is 0 Å². The number of benzene rings is 2. The molecule has 2 aromatic carbocycles. The van der Waals surface area contributed by atoms with Crippen LogP contribution in [-0.2, 0) is 13.1 Å². The highest BCUT2D eigenvalue weighted by Crippen LogP contribution is 2.30. The van der Waals surface area contributed by atoms with Crippen LogP contribution < -0.4 is 0 Å². The van der Waals surface area contributed by atoms with Crippen molar-refractivity contribution in [3.63, 3.8) is 0 Å². The van der Waals surface area contributed by atoms with E-state index in [0.29, 0.717) is 6.54 Å². The van der Waals surface area contributed by atoms with E-state index in [4.69, 9.17) is 9.97 Å². The Kier molecular flexibility index (Phi) is 6.04. The molecule has 0 aliphatic carbocycles. The van der Waals surface area contributed by atoms with Gasteiger partial charge in [0.25, 0.3) is 0 Å². The minimum atomic E-state index is 0.660. The molecule has 0 amide bonds. The number of fused-ring (bicyclic) bond motifs is 1. The van der Waals surface area contributed by atoms with E-state index in [9.17, 15) is 0 Å². The average Bonchev–Trinajstić information content (AvgIpc) is 3.56. The molecule has 7 nitrogen and oxygen atoms in total. The van der Waals surface area contributed by atoms with E-state index in [-0.39, 0.29) is 0 Å². The van der Waals surface area contributed by atoms with Crippen molar-refractivity contribution in [2.45, 2.75) is 20.0 Å². The maximum Gasteiger partial charge on any atom is 0.155 e. The third-order valence-corrected chi connectivity index (χ3v) is 6.41. The third-order valence-electron chi connectivity index (χ3n) is 6.41. The standard InChI is InChI=1S/C30H27N7/c1-21-9-8-14-26(33-21)30-29(24-15-16-28-31-20-32-37(28)18-24)34-27(35-30)19-36(2)17-23-12-6-7-13-25(23)22-10-4-3-5-11-22/h3-16,18,20H,17,19H2,1-2H3,(H,34,35). The van der Waals surface area contributed by atoms with Crippen LogP contribution in [0.5, 0.6) is 0 Å². The molecule has 4 aromatic heterocycles. The second kappa shape index (κ2) is 9.79. The number of nitrogens with one attached hydrogen (secondary N) is 1. The molecular formula is C30H27N7. The van der Waals surface area contributed by atoms with E-state index in [1.54, 1.807) is 10.8 Å². The zero-order valence-electron chi connectivity index (χ0n) is 20.8. The molecule has 0 aliphatic rings. The van der Waals surface area contributed by atoms with Crippen LogP contribution in [0.2, 0.25) is 0 Å². The molecule has 7 heteroatoms. The Morgan fingerprint density at radius 2 is 1.65 bits per heavy atom. The second-order valence-corrected chi connectivity index (χ2v) is 9.25. The van der Waals surface area contributed by atoms with E-state index in [0.717, 1.165) is 46.4 Å². The topological polar surface area (TPSA) is 75.0 Å². The highest BCUT2D eigenvalue weighted by molar-refractivity contribution is 5.77. The monoisotopic (exact) mass is 485 g/mol. The molecule has 0 saturated heterocycles. The van der Waals surface area contributed by atoms with Crippen LogP contribution in [-0.4, -0.2) is 41.5 Å². The summed E-state index contributed by atoms with van der Waals surface area (Å²) in [6, 6.07) is 29.1. The summed E-state index contributed by atoms with van der Waals surface area (Å²) in [4.78, 5) is 19.9. The first kappa shape index (κ1) is 22.8. The Morgan fingerprint density at radius 1 is 0.811 bits per heavy atom. The first-order chi connectivity index (χ1) is 18.1. The minimum Gasteiger partial charge on any atom is -0.339 e. The number of nitrogens with zero attached hydrogens (tertiary/aromatic N) is 6. The number of hydrogen-bond donors (Lipinski definition) is 1. The molecule has 0 spiro atoms. The number of aryl methyl sites for hydroxylation is 1. The Hall–Kier alpha value is -4.62. The van der Waals surface area contributed by atoms with E-state index >= 15 is 0 Å². The largest absolute Gasteiger partial charge is 0.339 e. The molecule has 1 N–H and O–H groups in total. The van der Waals surface area contributed by atoms with Gasteiger partial charge in [-0.2, -0.15) is 5.10 Å². The number of hydrogen-bond acceptors (Lipinski definition) is 5. The Balaban J connectivity index is 1.33. The average molecular weight is 486 g/mol. The van der Waals surface area contributed by atoms with E-state index in [1.807, 2.05) is 49.5 Å². The molecule has 0 fully saturated rings. The Morgan fingerprint density at radius 3 is 2.51 bits per heavy atom. The van der Waals surface area contributed by atoms with Crippen LogP contribution >= 0.6 is 0 Å². The molecule has 0 unspecified atom stereocenters. The van der Waals surface area contributed by atoms with Crippen molar-refractivity contribution in [2.75, 3.05) is 7.05 Å². The van der Waals surface area contributed by atoms with Gasteiger partial charge in [0.15, 0.2) is 5.65 Å². The number of imidazole rings is 1. The first-order valence-corrected chi connectivity index (χ1v) is 12.3. The number of pyridine rings is 2. The zero-order valence-corrected chi connectivity index (χ0v) is 20.8. The molecule has 6 aromatic rings. The maximum absolute atomic E-state index is 5.04.